The van der Waals surface area contributed by atoms with Gasteiger partial charge in [-0.25, -0.2) is 15.0 Å². The SMILES string of the molecule is Cc1cnc(NC2CCN(c3ccccn3)CC2)nc1NC1CCN(c2ccccn2)CC1. The molecule has 2 fully saturated rings. The first-order valence-corrected chi connectivity index (χ1v) is 11.9. The summed E-state index contributed by atoms with van der Waals surface area (Å²) in [4.78, 5) is 23.0. The molecule has 0 atom stereocenters. The lowest BCUT2D eigenvalue weighted by atomic mass is 10.0. The number of hydrogen-bond acceptors (Lipinski definition) is 8. The van der Waals surface area contributed by atoms with Gasteiger partial charge >= 0.3 is 0 Å². The predicted octanol–water partition coefficient (Wildman–Crippen LogP) is 3.74. The van der Waals surface area contributed by atoms with Gasteiger partial charge in [-0.3, -0.25) is 0 Å². The molecular weight excluding hydrogens is 412 g/mol. The Morgan fingerprint density at radius 3 is 1.79 bits per heavy atom. The molecule has 0 unspecified atom stereocenters. The van der Waals surface area contributed by atoms with Crippen LogP contribution in [0.2, 0.25) is 0 Å². The molecule has 8 heteroatoms. The average Bonchev–Trinajstić information content (AvgIpc) is 2.88. The lowest BCUT2D eigenvalue weighted by Crippen LogP contribution is -2.40. The number of aryl methyl sites for hydroxylation is 1. The molecule has 172 valence electrons. The number of nitrogens with zero attached hydrogens (tertiary/aromatic N) is 6. The molecule has 33 heavy (non-hydrogen) atoms. The molecule has 0 saturated carbocycles. The van der Waals surface area contributed by atoms with Crippen molar-refractivity contribution in [3.8, 4) is 0 Å². The van der Waals surface area contributed by atoms with E-state index in [2.05, 4.69) is 54.4 Å². The normalized spacial score (nSPS) is 17.7. The van der Waals surface area contributed by atoms with Crippen molar-refractivity contribution in [3.63, 3.8) is 0 Å². The fourth-order valence-electron chi connectivity index (χ4n) is 4.62. The van der Waals surface area contributed by atoms with Crippen LogP contribution in [0.1, 0.15) is 31.2 Å². The molecule has 0 bridgehead atoms. The van der Waals surface area contributed by atoms with Crippen LogP contribution in [0.5, 0.6) is 0 Å². The van der Waals surface area contributed by atoms with Crippen LogP contribution >= 0.6 is 0 Å². The van der Waals surface area contributed by atoms with Gasteiger partial charge in [-0.05, 0) is 56.9 Å². The minimum atomic E-state index is 0.377. The Bertz CT molecular complexity index is 1010. The molecule has 8 nitrogen and oxygen atoms in total. The molecule has 0 spiro atoms. The Kier molecular flexibility index (Phi) is 6.51. The van der Waals surface area contributed by atoms with Gasteiger partial charge in [0.15, 0.2) is 0 Å². The van der Waals surface area contributed by atoms with Crippen LogP contribution in [-0.2, 0) is 0 Å². The van der Waals surface area contributed by atoms with Crippen molar-refractivity contribution in [1.82, 2.24) is 19.9 Å². The first kappa shape index (κ1) is 21.4. The summed E-state index contributed by atoms with van der Waals surface area (Å²) in [5.74, 6) is 3.78. The molecule has 0 amide bonds. The van der Waals surface area contributed by atoms with Crippen LogP contribution in [0.4, 0.5) is 23.4 Å². The van der Waals surface area contributed by atoms with Crippen LogP contribution in [-0.4, -0.2) is 58.2 Å². The second kappa shape index (κ2) is 10.0. The van der Waals surface area contributed by atoms with E-state index in [1.54, 1.807) is 0 Å². The molecule has 0 aliphatic carbocycles. The first-order chi connectivity index (χ1) is 16.2. The molecule has 0 radical (unpaired) electrons. The number of rotatable bonds is 6. The van der Waals surface area contributed by atoms with E-state index in [0.717, 1.165) is 74.9 Å². The van der Waals surface area contributed by atoms with Crippen molar-refractivity contribution in [2.24, 2.45) is 0 Å². The van der Waals surface area contributed by atoms with E-state index in [-0.39, 0.29) is 0 Å². The molecule has 2 N–H and O–H groups in total. The lowest BCUT2D eigenvalue weighted by Gasteiger charge is -2.34. The Labute approximate surface area is 195 Å². The summed E-state index contributed by atoms with van der Waals surface area (Å²) in [7, 11) is 0. The first-order valence-electron chi connectivity index (χ1n) is 11.9. The van der Waals surface area contributed by atoms with Crippen molar-refractivity contribution in [2.45, 2.75) is 44.7 Å². The molecule has 3 aromatic rings. The molecule has 5 rings (SSSR count). The Balaban J connectivity index is 1.14. The summed E-state index contributed by atoms with van der Waals surface area (Å²) in [6.45, 7) is 6.04. The molecule has 3 aromatic heterocycles. The van der Waals surface area contributed by atoms with E-state index >= 15 is 0 Å². The maximum atomic E-state index is 4.83. The van der Waals surface area contributed by atoms with Gasteiger partial charge < -0.3 is 20.4 Å². The van der Waals surface area contributed by atoms with Crippen molar-refractivity contribution < 1.29 is 0 Å². The van der Waals surface area contributed by atoms with E-state index in [4.69, 9.17) is 4.98 Å². The van der Waals surface area contributed by atoms with Gasteiger partial charge in [0.25, 0.3) is 0 Å². The predicted molar refractivity (Wildman–Crippen MR) is 133 cm³/mol. The Morgan fingerprint density at radius 1 is 0.727 bits per heavy atom. The van der Waals surface area contributed by atoms with E-state index in [1.807, 2.05) is 42.9 Å². The highest BCUT2D eigenvalue weighted by Crippen LogP contribution is 2.23. The minimum Gasteiger partial charge on any atom is -0.367 e. The van der Waals surface area contributed by atoms with Crippen LogP contribution in [0.15, 0.2) is 55.0 Å². The van der Waals surface area contributed by atoms with Crippen LogP contribution in [0, 0.1) is 6.92 Å². The second-order valence-corrected chi connectivity index (χ2v) is 8.91. The molecule has 5 heterocycles. The zero-order valence-electron chi connectivity index (χ0n) is 19.2. The average molecular weight is 445 g/mol. The standard InChI is InChI=1S/C25H32N8/c1-19-18-28-25(30-21-10-16-33(17-11-21)23-7-3-5-13-27-23)31-24(19)29-20-8-14-32(15-9-20)22-6-2-4-12-26-22/h2-7,12-13,18,20-21H,8-11,14-17H2,1H3,(H2,28,29,30,31). The van der Waals surface area contributed by atoms with Crippen molar-refractivity contribution in [2.75, 3.05) is 46.6 Å². The summed E-state index contributed by atoms with van der Waals surface area (Å²) >= 11 is 0. The van der Waals surface area contributed by atoms with Gasteiger partial charge in [0.2, 0.25) is 5.95 Å². The Morgan fingerprint density at radius 2 is 1.27 bits per heavy atom. The topological polar surface area (TPSA) is 82.1 Å². The smallest absolute Gasteiger partial charge is 0.224 e. The summed E-state index contributed by atoms with van der Waals surface area (Å²) in [5.41, 5.74) is 1.08. The van der Waals surface area contributed by atoms with E-state index in [9.17, 15) is 0 Å². The van der Waals surface area contributed by atoms with Gasteiger partial charge in [0.05, 0.1) is 0 Å². The van der Waals surface area contributed by atoms with E-state index < -0.39 is 0 Å². The summed E-state index contributed by atoms with van der Waals surface area (Å²) in [6, 6.07) is 13.0. The van der Waals surface area contributed by atoms with Gasteiger partial charge in [0.1, 0.15) is 17.5 Å². The quantitative estimate of drug-likeness (QED) is 0.595. The summed E-state index contributed by atoms with van der Waals surface area (Å²) in [6.07, 6.45) is 9.86. The highest BCUT2D eigenvalue weighted by atomic mass is 15.2. The third kappa shape index (κ3) is 5.32. The number of anilines is 4. The molecule has 2 aliphatic heterocycles. The van der Waals surface area contributed by atoms with E-state index in [1.165, 1.54) is 0 Å². The van der Waals surface area contributed by atoms with Crippen LogP contribution in [0.3, 0.4) is 0 Å². The molecule has 2 aliphatic rings. The number of hydrogen-bond donors (Lipinski definition) is 2. The number of nitrogens with one attached hydrogen (secondary N) is 2. The van der Waals surface area contributed by atoms with Gasteiger partial charge in [-0.15, -0.1) is 0 Å². The van der Waals surface area contributed by atoms with Crippen LogP contribution < -0.4 is 20.4 Å². The van der Waals surface area contributed by atoms with Gasteiger partial charge in [-0.1, -0.05) is 12.1 Å². The highest BCUT2D eigenvalue weighted by molar-refractivity contribution is 5.48. The third-order valence-corrected chi connectivity index (χ3v) is 6.58. The lowest BCUT2D eigenvalue weighted by molar-refractivity contribution is 0.518. The van der Waals surface area contributed by atoms with E-state index in [0.29, 0.717) is 18.0 Å². The maximum Gasteiger partial charge on any atom is 0.224 e. The fourth-order valence-corrected chi connectivity index (χ4v) is 4.62. The molecule has 0 aromatic carbocycles. The summed E-state index contributed by atoms with van der Waals surface area (Å²) in [5, 5.41) is 7.23. The number of pyridine rings is 2. The number of aromatic nitrogens is 4. The highest BCUT2D eigenvalue weighted by Gasteiger charge is 2.23. The zero-order valence-corrected chi connectivity index (χ0v) is 19.2. The van der Waals surface area contributed by atoms with Crippen LogP contribution in [0.25, 0.3) is 0 Å². The number of piperidine rings is 2. The Hall–Kier alpha value is -3.42. The third-order valence-electron chi connectivity index (χ3n) is 6.58. The van der Waals surface area contributed by atoms with Gasteiger partial charge in [0, 0.05) is 62.4 Å². The monoisotopic (exact) mass is 444 g/mol. The maximum absolute atomic E-state index is 4.83. The largest absolute Gasteiger partial charge is 0.367 e. The summed E-state index contributed by atoms with van der Waals surface area (Å²) < 4.78 is 0. The minimum absolute atomic E-state index is 0.377. The van der Waals surface area contributed by atoms with Crippen molar-refractivity contribution in [1.29, 1.82) is 0 Å². The second-order valence-electron chi connectivity index (χ2n) is 8.91. The van der Waals surface area contributed by atoms with Gasteiger partial charge in [-0.2, -0.15) is 4.98 Å². The fraction of sp³-hybridized carbons (Fsp3) is 0.440. The zero-order chi connectivity index (χ0) is 22.5. The molecular formula is C25H32N8. The van der Waals surface area contributed by atoms with Crippen molar-refractivity contribution in [3.05, 3.63) is 60.6 Å². The molecule has 2 saturated heterocycles. The van der Waals surface area contributed by atoms with Crippen molar-refractivity contribution >= 4 is 23.4 Å².